The summed E-state index contributed by atoms with van der Waals surface area (Å²) in [6, 6.07) is 2.28. The van der Waals surface area contributed by atoms with Crippen LogP contribution in [0, 0.1) is 11.3 Å². The molecule has 0 N–H and O–H groups in total. The molecule has 4 nitrogen and oxygen atoms in total. The first-order valence-corrected chi connectivity index (χ1v) is 7.53. The summed E-state index contributed by atoms with van der Waals surface area (Å²) in [5, 5.41) is 10.3. The van der Waals surface area contributed by atoms with Crippen LogP contribution < -0.4 is 0 Å². The van der Waals surface area contributed by atoms with Crippen molar-refractivity contribution in [2.45, 2.75) is 32.6 Å². The van der Waals surface area contributed by atoms with Gasteiger partial charge in [-0.2, -0.15) is 5.26 Å². The monoisotopic (exact) mass is 279 g/mol. The maximum Gasteiger partial charge on any atom is 0.128 e. The lowest BCUT2D eigenvalue weighted by Gasteiger charge is -2.26. The first-order chi connectivity index (χ1) is 9.00. The lowest BCUT2D eigenvalue weighted by molar-refractivity contribution is 0.0384. The molecule has 0 unspecified atom stereocenters. The number of aromatic nitrogens is 1. The van der Waals surface area contributed by atoms with E-state index in [0.29, 0.717) is 0 Å². The van der Waals surface area contributed by atoms with Gasteiger partial charge >= 0.3 is 0 Å². The second-order valence-electron chi connectivity index (χ2n) is 5.85. The van der Waals surface area contributed by atoms with Crippen LogP contribution in [0.1, 0.15) is 36.3 Å². The standard InChI is InChI=1S/C14H21N3OS/c1-14(2,3)13-11(10-15)19-12(16-13)4-5-17-6-8-18-9-7-17/h4-9H2,1-3H3. The minimum absolute atomic E-state index is 0.0568. The third kappa shape index (κ3) is 3.75. The average Bonchev–Trinajstić information content (AvgIpc) is 2.81. The Hall–Kier alpha value is -0.960. The Kier molecular flexibility index (Phi) is 4.56. The topological polar surface area (TPSA) is 49.2 Å². The van der Waals surface area contributed by atoms with Crippen molar-refractivity contribution in [3.8, 4) is 6.07 Å². The molecular formula is C14H21N3OS. The van der Waals surface area contributed by atoms with Gasteiger partial charge in [-0.3, -0.25) is 4.90 Å². The fourth-order valence-electron chi connectivity index (χ4n) is 2.13. The normalized spacial score (nSPS) is 17.4. The predicted octanol–water partition coefficient (Wildman–Crippen LogP) is 2.19. The van der Waals surface area contributed by atoms with Crippen molar-refractivity contribution >= 4 is 11.3 Å². The zero-order valence-electron chi connectivity index (χ0n) is 11.9. The zero-order valence-corrected chi connectivity index (χ0v) is 12.7. The second-order valence-corrected chi connectivity index (χ2v) is 6.93. The molecule has 0 spiro atoms. The van der Waals surface area contributed by atoms with Crippen molar-refractivity contribution in [3.63, 3.8) is 0 Å². The number of rotatable bonds is 3. The molecule has 0 amide bonds. The van der Waals surface area contributed by atoms with Crippen LogP contribution in [0.2, 0.25) is 0 Å². The molecule has 1 aromatic heterocycles. The minimum Gasteiger partial charge on any atom is -0.379 e. The van der Waals surface area contributed by atoms with Crippen LogP contribution >= 0.6 is 11.3 Å². The van der Waals surface area contributed by atoms with E-state index < -0.39 is 0 Å². The molecule has 104 valence electrons. The van der Waals surface area contributed by atoms with Crippen molar-refractivity contribution < 1.29 is 4.74 Å². The zero-order chi connectivity index (χ0) is 13.9. The molecule has 1 aliphatic heterocycles. The molecule has 0 saturated carbocycles. The molecular weight excluding hydrogens is 258 g/mol. The first kappa shape index (κ1) is 14.4. The molecule has 0 aliphatic carbocycles. The lowest BCUT2D eigenvalue weighted by atomic mass is 9.91. The SMILES string of the molecule is CC(C)(C)c1nc(CCN2CCOCC2)sc1C#N. The summed E-state index contributed by atoms with van der Waals surface area (Å²) >= 11 is 1.54. The molecule has 1 fully saturated rings. The summed E-state index contributed by atoms with van der Waals surface area (Å²) < 4.78 is 5.34. The second kappa shape index (κ2) is 6.00. The molecule has 1 saturated heterocycles. The van der Waals surface area contributed by atoms with Gasteiger partial charge < -0.3 is 4.74 Å². The molecule has 5 heteroatoms. The Morgan fingerprint density at radius 1 is 1.37 bits per heavy atom. The van der Waals surface area contributed by atoms with E-state index in [2.05, 4.69) is 36.7 Å². The highest BCUT2D eigenvalue weighted by Gasteiger charge is 2.23. The fourth-order valence-corrected chi connectivity index (χ4v) is 3.19. The van der Waals surface area contributed by atoms with Crippen molar-refractivity contribution in [3.05, 3.63) is 15.6 Å². The third-order valence-corrected chi connectivity index (χ3v) is 4.25. The largest absolute Gasteiger partial charge is 0.379 e. The van der Waals surface area contributed by atoms with Gasteiger partial charge in [0.05, 0.1) is 23.9 Å². The van der Waals surface area contributed by atoms with Crippen molar-refractivity contribution in [1.82, 2.24) is 9.88 Å². The highest BCUT2D eigenvalue weighted by atomic mass is 32.1. The number of hydrogen-bond acceptors (Lipinski definition) is 5. The van der Waals surface area contributed by atoms with E-state index >= 15 is 0 Å². The third-order valence-electron chi connectivity index (χ3n) is 3.23. The molecule has 0 aromatic carbocycles. The van der Waals surface area contributed by atoms with Crippen molar-refractivity contribution in [2.75, 3.05) is 32.8 Å². The summed E-state index contributed by atoms with van der Waals surface area (Å²) in [6.07, 6.45) is 0.926. The molecule has 0 bridgehead atoms. The van der Waals surface area contributed by atoms with Gasteiger partial charge in [-0.05, 0) is 0 Å². The number of thiazole rings is 1. The van der Waals surface area contributed by atoms with Crippen molar-refractivity contribution in [1.29, 1.82) is 5.26 Å². The van der Waals surface area contributed by atoms with Gasteiger partial charge in [0.1, 0.15) is 10.9 Å². The van der Waals surface area contributed by atoms with E-state index in [1.54, 1.807) is 11.3 Å². The number of nitrogens with zero attached hydrogens (tertiary/aromatic N) is 3. The quantitative estimate of drug-likeness (QED) is 0.851. The van der Waals surface area contributed by atoms with Crippen LogP contribution in [0.4, 0.5) is 0 Å². The van der Waals surface area contributed by atoms with Gasteiger partial charge in [-0.25, -0.2) is 4.98 Å². The van der Waals surface area contributed by atoms with Crippen LogP contribution in [0.3, 0.4) is 0 Å². The number of nitriles is 1. The highest BCUT2D eigenvalue weighted by Crippen LogP contribution is 2.29. The average molecular weight is 279 g/mol. The van der Waals surface area contributed by atoms with E-state index in [-0.39, 0.29) is 5.41 Å². The smallest absolute Gasteiger partial charge is 0.128 e. The predicted molar refractivity (Wildman–Crippen MR) is 76.5 cm³/mol. The fraction of sp³-hybridized carbons (Fsp3) is 0.714. The number of ether oxygens (including phenoxy) is 1. The van der Waals surface area contributed by atoms with E-state index in [9.17, 15) is 5.26 Å². The van der Waals surface area contributed by atoms with E-state index in [1.807, 2.05) is 0 Å². The van der Waals surface area contributed by atoms with Gasteiger partial charge in [0.2, 0.25) is 0 Å². The summed E-state index contributed by atoms with van der Waals surface area (Å²) in [4.78, 5) is 7.84. The minimum atomic E-state index is -0.0568. The summed E-state index contributed by atoms with van der Waals surface area (Å²) in [5.41, 5.74) is 0.885. The van der Waals surface area contributed by atoms with Gasteiger partial charge in [0.15, 0.2) is 0 Å². The molecule has 19 heavy (non-hydrogen) atoms. The highest BCUT2D eigenvalue weighted by molar-refractivity contribution is 7.12. The maximum atomic E-state index is 9.21. The van der Waals surface area contributed by atoms with Crippen LogP contribution in [0.15, 0.2) is 0 Å². The van der Waals surface area contributed by atoms with Gasteiger partial charge in [0.25, 0.3) is 0 Å². The Balaban J connectivity index is 2.01. The van der Waals surface area contributed by atoms with Gasteiger partial charge in [0, 0.05) is 31.5 Å². The van der Waals surface area contributed by atoms with E-state index in [4.69, 9.17) is 4.74 Å². The number of morpholine rings is 1. The Morgan fingerprint density at radius 3 is 2.58 bits per heavy atom. The van der Waals surface area contributed by atoms with Crippen LogP contribution in [-0.4, -0.2) is 42.7 Å². The molecule has 1 aromatic rings. The van der Waals surface area contributed by atoms with E-state index in [0.717, 1.165) is 54.8 Å². The number of hydrogen-bond donors (Lipinski definition) is 0. The van der Waals surface area contributed by atoms with Crippen molar-refractivity contribution in [2.24, 2.45) is 0 Å². The Morgan fingerprint density at radius 2 is 2.05 bits per heavy atom. The van der Waals surface area contributed by atoms with Crippen LogP contribution in [0.5, 0.6) is 0 Å². The molecule has 0 radical (unpaired) electrons. The lowest BCUT2D eigenvalue weighted by Crippen LogP contribution is -2.37. The molecule has 2 rings (SSSR count). The van der Waals surface area contributed by atoms with Crippen LogP contribution in [-0.2, 0) is 16.6 Å². The molecule has 0 atom stereocenters. The van der Waals surface area contributed by atoms with Gasteiger partial charge in [-0.15, -0.1) is 11.3 Å². The van der Waals surface area contributed by atoms with Gasteiger partial charge in [-0.1, -0.05) is 20.8 Å². The molecule has 2 heterocycles. The van der Waals surface area contributed by atoms with E-state index in [1.165, 1.54) is 0 Å². The van der Waals surface area contributed by atoms with Crippen LogP contribution in [0.25, 0.3) is 0 Å². The molecule has 1 aliphatic rings. The maximum absolute atomic E-state index is 9.21. The first-order valence-electron chi connectivity index (χ1n) is 6.71. The summed E-state index contributed by atoms with van der Waals surface area (Å²) in [6.45, 7) is 11.0. The summed E-state index contributed by atoms with van der Waals surface area (Å²) in [5.74, 6) is 0. The Bertz CT molecular complexity index is 464. The Labute approximate surface area is 119 Å². The summed E-state index contributed by atoms with van der Waals surface area (Å²) in [7, 11) is 0.